The molecule has 1 aromatic rings. The number of hydrogen-bond acceptors (Lipinski definition) is 5. The number of nitrogens with zero attached hydrogens (tertiary/aromatic N) is 3. The minimum atomic E-state index is 0.602. The second kappa shape index (κ2) is 6.19. The fourth-order valence-electron chi connectivity index (χ4n) is 1.46. The summed E-state index contributed by atoms with van der Waals surface area (Å²) in [6, 6.07) is 0. The first-order valence-corrected chi connectivity index (χ1v) is 5.35. The molecule has 0 amide bonds. The summed E-state index contributed by atoms with van der Waals surface area (Å²) in [5.74, 6) is 6.78. The van der Waals surface area contributed by atoms with Gasteiger partial charge < -0.3 is 10.3 Å². The number of nitrogen functional groups attached to an aromatic ring is 1. The van der Waals surface area contributed by atoms with Crippen molar-refractivity contribution in [2.75, 3.05) is 23.4 Å². The summed E-state index contributed by atoms with van der Waals surface area (Å²) in [7, 11) is 0. The van der Waals surface area contributed by atoms with E-state index in [0.717, 1.165) is 31.7 Å². The van der Waals surface area contributed by atoms with Gasteiger partial charge >= 0.3 is 0 Å². The molecule has 0 unspecified atom stereocenters. The summed E-state index contributed by atoms with van der Waals surface area (Å²) in [6.45, 7) is 6.30. The van der Waals surface area contributed by atoms with Gasteiger partial charge in [-0.3, -0.25) is 4.98 Å². The van der Waals surface area contributed by atoms with Gasteiger partial charge in [0, 0.05) is 13.1 Å². The Bertz CT molecular complexity index is 283. The number of hydrazine groups is 1. The molecule has 1 aromatic heterocycles. The lowest BCUT2D eigenvalue weighted by atomic mass is 10.3. The Morgan fingerprint density at radius 1 is 1.27 bits per heavy atom. The van der Waals surface area contributed by atoms with Crippen molar-refractivity contribution in [3.63, 3.8) is 0 Å². The highest BCUT2D eigenvalue weighted by atomic mass is 15.3. The zero-order valence-electron chi connectivity index (χ0n) is 9.40. The lowest BCUT2D eigenvalue weighted by Gasteiger charge is -2.22. The molecule has 0 saturated carbocycles. The number of rotatable bonds is 6. The van der Waals surface area contributed by atoms with Gasteiger partial charge in [0.1, 0.15) is 5.82 Å². The Balaban J connectivity index is 2.79. The van der Waals surface area contributed by atoms with Gasteiger partial charge in [0.15, 0.2) is 5.82 Å². The molecule has 0 saturated heterocycles. The number of nitrogens with two attached hydrogens (primary N) is 1. The summed E-state index contributed by atoms with van der Waals surface area (Å²) >= 11 is 0. The summed E-state index contributed by atoms with van der Waals surface area (Å²) < 4.78 is 0. The van der Waals surface area contributed by atoms with Crippen LogP contribution in [-0.2, 0) is 0 Å². The van der Waals surface area contributed by atoms with Crippen LogP contribution >= 0.6 is 0 Å². The van der Waals surface area contributed by atoms with Crippen LogP contribution in [0.4, 0.5) is 11.6 Å². The summed E-state index contributed by atoms with van der Waals surface area (Å²) in [5.41, 5.74) is 2.51. The first-order chi connectivity index (χ1) is 7.31. The van der Waals surface area contributed by atoms with E-state index in [1.54, 1.807) is 12.4 Å². The van der Waals surface area contributed by atoms with Gasteiger partial charge in [0.2, 0.25) is 0 Å². The van der Waals surface area contributed by atoms with Crippen LogP contribution in [0.2, 0.25) is 0 Å². The molecule has 5 heteroatoms. The van der Waals surface area contributed by atoms with Crippen molar-refractivity contribution in [2.45, 2.75) is 26.7 Å². The second-order valence-electron chi connectivity index (χ2n) is 3.39. The molecule has 15 heavy (non-hydrogen) atoms. The number of nitrogens with one attached hydrogen (secondary N) is 1. The standard InChI is InChI=1S/C10H19N5/c1-3-5-15(6-4-2)10-8-12-7-9(13-10)14-11/h7-8H,3-6,11H2,1-2H3,(H,13,14). The normalized spacial score (nSPS) is 10.1. The molecule has 0 atom stereocenters. The molecule has 0 radical (unpaired) electrons. The Kier molecular flexibility index (Phi) is 4.83. The van der Waals surface area contributed by atoms with Gasteiger partial charge in [-0.15, -0.1) is 0 Å². The molecule has 0 spiro atoms. The topological polar surface area (TPSA) is 67.1 Å². The Hall–Kier alpha value is -1.36. The Labute approximate surface area is 90.7 Å². The van der Waals surface area contributed by atoms with Crippen molar-refractivity contribution in [1.82, 2.24) is 9.97 Å². The van der Waals surface area contributed by atoms with E-state index in [1.807, 2.05) is 0 Å². The molecule has 0 bridgehead atoms. The van der Waals surface area contributed by atoms with Crippen molar-refractivity contribution in [3.05, 3.63) is 12.4 Å². The highest BCUT2D eigenvalue weighted by Crippen LogP contribution is 2.12. The van der Waals surface area contributed by atoms with Crippen LogP contribution in [0.15, 0.2) is 12.4 Å². The van der Waals surface area contributed by atoms with E-state index in [9.17, 15) is 0 Å². The average Bonchev–Trinajstić information content (AvgIpc) is 2.29. The minimum Gasteiger partial charge on any atom is -0.355 e. The van der Waals surface area contributed by atoms with Crippen molar-refractivity contribution >= 4 is 11.6 Å². The van der Waals surface area contributed by atoms with Gasteiger partial charge in [-0.25, -0.2) is 10.8 Å². The molecule has 84 valence electrons. The maximum absolute atomic E-state index is 5.30. The summed E-state index contributed by atoms with van der Waals surface area (Å²) in [4.78, 5) is 10.7. The first kappa shape index (κ1) is 11.7. The minimum absolute atomic E-state index is 0.602. The van der Waals surface area contributed by atoms with Crippen molar-refractivity contribution < 1.29 is 0 Å². The predicted molar refractivity (Wildman–Crippen MR) is 62.6 cm³/mol. The third kappa shape index (κ3) is 3.36. The Morgan fingerprint density at radius 2 is 1.93 bits per heavy atom. The lowest BCUT2D eigenvalue weighted by Crippen LogP contribution is -2.26. The molecular weight excluding hydrogens is 190 g/mol. The average molecular weight is 209 g/mol. The Morgan fingerprint density at radius 3 is 2.47 bits per heavy atom. The van der Waals surface area contributed by atoms with Gasteiger partial charge in [-0.2, -0.15) is 0 Å². The zero-order valence-corrected chi connectivity index (χ0v) is 9.40. The highest BCUT2D eigenvalue weighted by Gasteiger charge is 2.06. The van der Waals surface area contributed by atoms with Crippen LogP contribution in [0, 0.1) is 0 Å². The van der Waals surface area contributed by atoms with Crippen molar-refractivity contribution in [2.24, 2.45) is 5.84 Å². The molecule has 0 fully saturated rings. The summed E-state index contributed by atoms with van der Waals surface area (Å²) in [6.07, 6.45) is 5.58. The first-order valence-electron chi connectivity index (χ1n) is 5.35. The number of hydrogen-bond donors (Lipinski definition) is 2. The van der Waals surface area contributed by atoms with Gasteiger partial charge in [0.05, 0.1) is 12.4 Å². The zero-order chi connectivity index (χ0) is 11.1. The smallest absolute Gasteiger partial charge is 0.160 e. The van der Waals surface area contributed by atoms with E-state index in [2.05, 4.69) is 34.1 Å². The fraction of sp³-hybridized carbons (Fsp3) is 0.600. The maximum Gasteiger partial charge on any atom is 0.160 e. The van der Waals surface area contributed by atoms with Crippen molar-refractivity contribution in [3.8, 4) is 0 Å². The third-order valence-electron chi connectivity index (χ3n) is 2.08. The van der Waals surface area contributed by atoms with Gasteiger partial charge in [-0.1, -0.05) is 13.8 Å². The van der Waals surface area contributed by atoms with E-state index < -0.39 is 0 Å². The monoisotopic (exact) mass is 209 g/mol. The lowest BCUT2D eigenvalue weighted by molar-refractivity contribution is 0.732. The molecule has 0 aromatic carbocycles. The molecule has 3 N–H and O–H groups in total. The molecule has 1 rings (SSSR count). The van der Waals surface area contributed by atoms with Gasteiger partial charge in [-0.05, 0) is 12.8 Å². The molecule has 1 heterocycles. The molecular formula is C10H19N5. The predicted octanol–water partition coefficient (Wildman–Crippen LogP) is 1.39. The van der Waals surface area contributed by atoms with E-state index in [0.29, 0.717) is 5.82 Å². The van der Waals surface area contributed by atoms with Crippen molar-refractivity contribution in [1.29, 1.82) is 0 Å². The van der Waals surface area contributed by atoms with E-state index >= 15 is 0 Å². The third-order valence-corrected chi connectivity index (χ3v) is 2.08. The fourth-order valence-corrected chi connectivity index (χ4v) is 1.46. The molecule has 0 aliphatic rings. The second-order valence-corrected chi connectivity index (χ2v) is 3.39. The van der Waals surface area contributed by atoms with Crippen LogP contribution in [0.1, 0.15) is 26.7 Å². The molecule has 0 aliphatic heterocycles. The van der Waals surface area contributed by atoms with Crippen LogP contribution in [0.3, 0.4) is 0 Å². The molecule has 0 aliphatic carbocycles. The largest absolute Gasteiger partial charge is 0.355 e. The SMILES string of the molecule is CCCN(CCC)c1cncc(NN)n1. The van der Waals surface area contributed by atoms with Crippen LogP contribution in [-0.4, -0.2) is 23.1 Å². The van der Waals surface area contributed by atoms with E-state index in [4.69, 9.17) is 5.84 Å². The number of aromatic nitrogens is 2. The molecule has 5 nitrogen and oxygen atoms in total. The quantitative estimate of drug-likeness (QED) is 0.547. The maximum atomic E-state index is 5.30. The number of anilines is 2. The van der Waals surface area contributed by atoms with Gasteiger partial charge in [0.25, 0.3) is 0 Å². The summed E-state index contributed by atoms with van der Waals surface area (Å²) in [5, 5.41) is 0. The van der Waals surface area contributed by atoms with E-state index in [-0.39, 0.29) is 0 Å². The highest BCUT2D eigenvalue weighted by molar-refractivity contribution is 5.42. The van der Waals surface area contributed by atoms with Crippen LogP contribution in [0.25, 0.3) is 0 Å². The van der Waals surface area contributed by atoms with E-state index in [1.165, 1.54) is 0 Å². The van der Waals surface area contributed by atoms with Crippen LogP contribution < -0.4 is 16.2 Å². The van der Waals surface area contributed by atoms with Crippen LogP contribution in [0.5, 0.6) is 0 Å².